The van der Waals surface area contributed by atoms with Gasteiger partial charge in [0.15, 0.2) is 11.5 Å². The van der Waals surface area contributed by atoms with E-state index in [1.807, 2.05) is 41.8 Å². The SMILES string of the molecule is Cc1ccc2nnc(CNC(=O)c3cccc4c3CNCC4)n2c1. The van der Waals surface area contributed by atoms with Gasteiger partial charge in [0, 0.05) is 18.3 Å². The van der Waals surface area contributed by atoms with Crippen LogP contribution in [-0.2, 0) is 19.5 Å². The average Bonchev–Trinajstić information content (AvgIpc) is 3.01. The van der Waals surface area contributed by atoms with E-state index in [1.165, 1.54) is 5.56 Å². The van der Waals surface area contributed by atoms with Crippen molar-refractivity contribution in [2.75, 3.05) is 6.54 Å². The molecule has 3 aromatic rings. The fraction of sp³-hybridized carbons (Fsp3) is 0.278. The highest BCUT2D eigenvalue weighted by Crippen LogP contribution is 2.18. The molecule has 0 radical (unpaired) electrons. The lowest BCUT2D eigenvalue weighted by Crippen LogP contribution is -2.30. The summed E-state index contributed by atoms with van der Waals surface area (Å²) in [7, 11) is 0. The molecule has 0 saturated heterocycles. The molecule has 0 spiro atoms. The second-order valence-electron chi connectivity index (χ2n) is 6.10. The van der Waals surface area contributed by atoms with Crippen LogP contribution in [0.5, 0.6) is 0 Å². The van der Waals surface area contributed by atoms with Crippen molar-refractivity contribution in [1.82, 2.24) is 25.2 Å². The summed E-state index contributed by atoms with van der Waals surface area (Å²) in [6, 6.07) is 9.85. The Morgan fingerprint density at radius 2 is 2.21 bits per heavy atom. The number of hydrogen-bond donors (Lipinski definition) is 2. The fourth-order valence-corrected chi connectivity index (χ4v) is 3.15. The van der Waals surface area contributed by atoms with E-state index >= 15 is 0 Å². The Kier molecular flexibility index (Phi) is 3.74. The van der Waals surface area contributed by atoms with Gasteiger partial charge in [0.25, 0.3) is 5.91 Å². The van der Waals surface area contributed by atoms with E-state index < -0.39 is 0 Å². The number of rotatable bonds is 3. The molecule has 2 aromatic heterocycles. The topological polar surface area (TPSA) is 71.3 Å². The molecule has 1 aliphatic heterocycles. The van der Waals surface area contributed by atoms with Crippen molar-refractivity contribution in [3.8, 4) is 0 Å². The zero-order chi connectivity index (χ0) is 16.5. The number of aromatic nitrogens is 3. The first-order valence-electron chi connectivity index (χ1n) is 8.12. The van der Waals surface area contributed by atoms with Gasteiger partial charge >= 0.3 is 0 Å². The number of hydrogen-bond acceptors (Lipinski definition) is 4. The number of benzene rings is 1. The van der Waals surface area contributed by atoms with Crippen LogP contribution >= 0.6 is 0 Å². The third-order valence-corrected chi connectivity index (χ3v) is 4.42. The van der Waals surface area contributed by atoms with Crippen molar-refractivity contribution >= 4 is 11.6 Å². The van der Waals surface area contributed by atoms with Crippen molar-refractivity contribution in [2.45, 2.75) is 26.4 Å². The van der Waals surface area contributed by atoms with Crippen LogP contribution in [0.15, 0.2) is 36.5 Å². The molecule has 2 N–H and O–H groups in total. The number of amides is 1. The molecule has 0 saturated carbocycles. The highest BCUT2D eigenvalue weighted by atomic mass is 16.1. The van der Waals surface area contributed by atoms with E-state index in [2.05, 4.69) is 26.9 Å². The van der Waals surface area contributed by atoms with Gasteiger partial charge in [-0.3, -0.25) is 9.20 Å². The maximum absolute atomic E-state index is 12.6. The van der Waals surface area contributed by atoms with E-state index in [0.717, 1.165) is 47.7 Å². The number of nitrogens with one attached hydrogen (secondary N) is 2. The zero-order valence-electron chi connectivity index (χ0n) is 13.5. The molecule has 6 nitrogen and oxygen atoms in total. The van der Waals surface area contributed by atoms with Crippen LogP contribution in [0.1, 0.15) is 32.9 Å². The van der Waals surface area contributed by atoms with Gasteiger partial charge in [0.1, 0.15) is 0 Å². The summed E-state index contributed by atoms with van der Waals surface area (Å²) in [6.07, 6.45) is 2.94. The normalized spacial score (nSPS) is 13.7. The minimum Gasteiger partial charge on any atom is -0.345 e. The first kappa shape index (κ1) is 14.8. The summed E-state index contributed by atoms with van der Waals surface area (Å²) in [5, 5.41) is 14.6. The quantitative estimate of drug-likeness (QED) is 0.769. The lowest BCUT2D eigenvalue weighted by Gasteiger charge is -2.19. The van der Waals surface area contributed by atoms with Gasteiger partial charge in [-0.25, -0.2) is 0 Å². The van der Waals surface area contributed by atoms with Crippen molar-refractivity contribution in [3.05, 3.63) is 64.6 Å². The standard InChI is InChI=1S/C18H19N5O/c1-12-5-6-16-21-22-17(23(16)11-12)10-20-18(24)14-4-2-3-13-7-8-19-9-15(13)14/h2-6,11,19H,7-10H2,1H3,(H,20,24). The zero-order valence-corrected chi connectivity index (χ0v) is 13.5. The van der Waals surface area contributed by atoms with Crippen LogP contribution in [0.4, 0.5) is 0 Å². The van der Waals surface area contributed by atoms with Gasteiger partial charge in [0.05, 0.1) is 6.54 Å². The maximum Gasteiger partial charge on any atom is 0.251 e. The Hall–Kier alpha value is -2.73. The number of pyridine rings is 1. The highest BCUT2D eigenvalue weighted by Gasteiger charge is 2.17. The van der Waals surface area contributed by atoms with Crippen LogP contribution in [-0.4, -0.2) is 27.0 Å². The molecule has 4 rings (SSSR count). The molecule has 0 aliphatic carbocycles. The van der Waals surface area contributed by atoms with Crippen LogP contribution in [0, 0.1) is 6.92 Å². The van der Waals surface area contributed by atoms with E-state index in [-0.39, 0.29) is 5.91 Å². The Balaban J connectivity index is 1.55. The molecule has 0 bridgehead atoms. The molecule has 0 fully saturated rings. The van der Waals surface area contributed by atoms with E-state index in [0.29, 0.717) is 6.54 Å². The molecule has 1 amide bonds. The largest absolute Gasteiger partial charge is 0.345 e. The molecule has 3 heterocycles. The van der Waals surface area contributed by atoms with Gasteiger partial charge in [-0.05, 0) is 48.7 Å². The van der Waals surface area contributed by atoms with Crippen molar-refractivity contribution < 1.29 is 4.79 Å². The summed E-state index contributed by atoms with van der Waals surface area (Å²) < 4.78 is 1.91. The predicted molar refractivity (Wildman–Crippen MR) is 90.7 cm³/mol. The minimum atomic E-state index is -0.0695. The van der Waals surface area contributed by atoms with Gasteiger partial charge in [-0.1, -0.05) is 18.2 Å². The van der Waals surface area contributed by atoms with Crippen molar-refractivity contribution in [2.24, 2.45) is 0 Å². The van der Waals surface area contributed by atoms with Crippen LogP contribution in [0.3, 0.4) is 0 Å². The lowest BCUT2D eigenvalue weighted by molar-refractivity contribution is 0.0948. The summed E-state index contributed by atoms with van der Waals surface area (Å²) in [6.45, 7) is 4.07. The van der Waals surface area contributed by atoms with Gasteiger partial charge in [0.2, 0.25) is 0 Å². The average molecular weight is 321 g/mol. The number of carbonyl (C=O) groups is 1. The van der Waals surface area contributed by atoms with Crippen LogP contribution in [0.25, 0.3) is 5.65 Å². The third kappa shape index (κ3) is 2.65. The Bertz CT molecular complexity index is 915. The highest BCUT2D eigenvalue weighted by molar-refractivity contribution is 5.96. The number of carbonyl (C=O) groups excluding carboxylic acids is 1. The first-order chi connectivity index (χ1) is 11.7. The number of fused-ring (bicyclic) bond motifs is 2. The molecular weight excluding hydrogens is 302 g/mol. The van der Waals surface area contributed by atoms with Gasteiger partial charge < -0.3 is 10.6 Å². The number of nitrogens with zero attached hydrogens (tertiary/aromatic N) is 3. The van der Waals surface area contributed by atoms with Crippen LogP contribution < -0.4 is 10.6 Å². The van der Waals surface area contributed by atoms with E-state index in [9.17, 15) is 4.79 Å². The minimum absolute atomic E-state index is 0.0695. The second-order valence-corrected chi connectivity index (χ2v) is 6.10. The Morgan fingerprint density at radius 1 is 1.29 bits per heavy atom. The monoisotopic (exact) mass is 321 g/mol. The van der Waals surface area contributed by atoms with Crippen molar-refractivity contribution in [3.63, 3.8) is 0 Å². The van der Waals surface area contributed by atoms with Crippen LogP contribution in [0.2, 0.25) is 0 Å². The molecule has 1 aromatic carbocycles. The Morgan fingerprint density at radius 3 is 3.12 bits per heavy atom. The summed E-state index contributed by atoms with van der Waals surface area (Å²) in [4.78, 5) is 12.6. The predicted octanol–water partition coefficient (Wildman–Crippen LogP) is 1.61. The fourth-order valence-electron chi connectivity index (χ4n) is 3.15. The molecular formula is C18H19N5O. The molecule has 6 heteroatoms. The molecule has 24 heavy (non-hydrogen) atoms. The second kappa shape index (κ2) is 6.05. The Labute approximate surface area is 139 Å². The maximum atomic E-state index is 12.6. The summed E-state index contributed by atoms with van der Waals surface area (Å²) in [5.74, 6) is 0.657. The summed E-state index contributed by atoms with van der Waals surface area (Å²) in [5.41, 5.74) is 5.00. The van der Waals surface area contributed by atoms with Crippen molar-refractivity contribution in [1.29, 1.82) is 0 Å². The first-order valence-corrected chi connectivity index (χ1v) is 8.12. The lowest BCUT2D eigenvalue weighted by atomic mass is 9.95. The molecule has 122 valence electrons. The molecule has 1 aliphatic rings. The molecule has 0 unspecified atom stereocenters. The van der Waals surface area contributed by atoms with E-state index in [1.54, 1.807) is 0 Å². The van der Waals surface area contributed by atoms with E-state index in [4.69, 9.17) is 0 Å². The third-order valence-electron chi connectivity index (χ3n) is 4.42. The summed E-state index contributed by atoms with van der Waals surface area (Å²) >= 11 is 0. The number of aryl methyl sites for hydroxylation is 1. The smallest absolute Gasteiger partial charge is 0.251 e. The molecule has 0 atom stereocenters. The van der Waals surface area contributed by atoms with Gasteiger partial charge in [-0.15, -0.1) is 10.2 Å². The van der Waals surface area contributed by atoms with Gasteiger partial charge in [-0.2, -0.15) is 0 Å².